The summed E-state index contributed by atoms with van der Waals surface area (Å²) < 4.78 is 5.34. The number of aromatic nitrogens is 1. The second kappa shape index (κ2) is 6.36. The number of fused-ring (bicyclic) bond motifs is 2. The van der Waals surface area contributed by atoms with Gasteiger partial charge in [-0.15, -0.1) is 0 Å². The molecule has 0 saturated carbocycles. The van der Waals surface area contributed by atoms with Crippen LogP contribution in [-0.2, 0) is 9.59 Å². The third-order valence-corrected chi connectivity index (χ3v) is 4.13. The summed E-state index contributed by atoms with van der Waals surface area (Å²) in [6.45, 7) is -0.311. The number of nitrogens with two attached hydrogens (primary N) is 1. The Morgan fingerprint density at radius 3 is 2.85 bits per heavy atom. The van der Waals surface area contributed by atoms with Crippen LogP contribution in [0.3, 0.4) is 0 Å². The van der Waals surface area contributed by atoms with Crippen LogP contribution in [0.15, 0.2) is 54.6 Å². The molecule has 3 aromatic rings. The molecule has 0 spiro atoms. The lowest BCUT2D eigenvalue weighted by Crippen LogP contribution is -2.44. The first-order chi connectivity index (χ1) is 12.6. The van der Waals surface area contributed by atoms with E-state index in [0.717, 1.165) is 10.8 Å². The van der Waals surface area contributed by atoms with Gasteiger partial charge in [0.1, 0.15) is 12.4 Å². The highest BCUT2D eigenvalue weighted by Gasteiger charge is 2.29. The van der Waals surface area contributed by atoms with Crippen molar-refractivity contribution in [2.24, 2.45) is 0 Å². The van der Waals surface area contributed by atoms with Gasteiger partial charge < -0.3 is 15.8 Å². The van der Waals surface area contributed by atoms with Gasteiger partial charge in [0.2, 0.25) is 5.91 Å². The van der Waals surface area contributed by atoms with Crippen LogP contribution >= 0.6 is 0 Å². The summed E-state index contributed by atoms with van der Waals surface area (Å²) in [6, 6.07) is 16.6. The van der Waals surface area contributed by atoms with Crippen molar-refractivity contribution >= 4 is 39.9 Å². The van der Waals surface area contributed by atoms with Gasteiger partial charge in [-0.1, -0.05) is 36.4 Å². The van der Waals surface area contributed by atoms with Crippen LogP contribution in [0, 0.1) is 0 Å². The number of anilines is 3. The molecule has 7 heteroatoms. The molecule has 1 aliphatic rings. The summed E-state index contributed by atoms with van der Waals surface area (Å²) in [5.74, 6) is 0.267. The van der Waals surface area contributed by atoms with Crippen molar-refractivity contribution in [3.05, 3.63) is 54.6 Å². The van der Waals surface area contributed by atoms with Crippen LogP contribution in [0.1, 0.15) is 0 Å². The molecule has 0 saturated heterocycles. The zero-order chi connectivity index (χ0) is 18.1. The maximum absolute atomic E-state index is 12.6. The minimum atomic E-state index is -0.344. The fourth-order valence-electron chi connectivity index (χ4n) is 2.92. The van der Waals surface area contributed by atoms with E-state index in [2.05, 4.69) is 10.3 Å². The Morgan fingerprint density at radius 1 is 1.15 bits per heavy atom. The van der Waals surface area contributed by atoms with Crippen molar-refractivity contribution in [2.45, 2.75) is 0 Å². The maximum Gasteiger partial charge on any atom is 0.266 e. The average molecular weight is 348 g/mol. The van der Waals surface area contributed by atoms with E-state index in [9.17, 15) is 9.59 Å². The molecule has 0 aliphatic carbocycles. The number of pyridine rings is 1. The minimum absolute atomic E-state index is 0.139. The highest BCUT2D eigenvalue weighted by molar-refractivity contribution is 6.07. The monoisotopic (exact) mass is 348 g/mol. The Hall–Kier alpha value is -3.61. The van der Waals surface area contributed by atoms with Crippen molar-refractivity contribution in [1.29, 1.82) is 0 Å². The van der Waals surface area contributed by atoms with E-state index in [4.69, 9.17) is 10.5 Å². The fourth-order valence-corrected chi connectivity index (χ4v) is 2.92. The zero-order valence-corrected chi connectivity index (χ0v) is 13.8. The molecule has 0 fully saturated rings. The van der Waals surface area contributed by atoms with Crippen LogP contribution < -0.4 is 20.7 Å². The molecule has 2 amide bonds. The minimum Gasteiger partial charge on any atom is -0.480 e. The van der Waals surface area contributed by atoms with Crippen LogP contribution in [-0.4, -0.2) is 29.9 Å². The van der Waals surface area contributed by atoms with Crippen LogP contribution in [0.4, 0.5) is 17.3 Å². The predicted octanol–water partition coefficient (Wildman–Crippen LogP) is 2.18. The Balaban J connectivity index is 1.59. The summed E-state index contributed by atoms with van der Waals surface area (Å²) in [5, 5.41) is 4.82. The van der Waals surface area contributed by atoms with E-state index >= 15 is 0 Å². The first-order valence-corrected chi connectivity index (χ1v) is 8.09. The average Bonchev–Trinajstić information content (AvgIpc) is 2.64. The lowest BCUT2D eigenvalue weighted by atomic mass is 10.1. The van der Waals surface area contributed by atoms with Crippen LogP contribution in [0.2, 0.25) is 0 Å². The summed E-state index contributed by atoms with van der Waals surface area (Å²) in [6.07, 6.45) is 0. The van der Waals surface area contributed by atoms with Gasteiger partial charge in [0.15, 0.2) is 18.2 Å². The third kappa shape index (κ3) is 2.90. The van der Waals surface area contributed by atoms with Crippen LogP contribution in [0.5, 0.6) is 5.75 Å². The standard InChI is InChI=1S/C19H16N4O3/c20-16-9-8-15-19(22-16)23(18(25)11-26-15)10-17(24)21-14-7-3-5-12-4-1-2-6-13(12)14/h1-9H,10-11H2,(H2,20,22)(H,21,24). The summed E-state index contributed by atoms with van der Waals surface area (Å²) in [5.41, 5.74) is 6.39. The van der Waals surface area contributed by atoms with E-state index < -0.39 is 0 Å². The summed E-state index contributed by atoms with van der Waals surface area (Å²) >= 11 is 0. The van der Waals surface area contributed by atoms with Gasteiger partial charge in [-0.25, -0.2) is 4.98 Å². The molecule has 0 unspecified atom stereocenters. The van der Waals surface area contributed by atoms with Crippen molar-refractivity contribution < 1.29 is 14.3 Å². The predicted molar refractivity (Wildman–Crippen MR) is 99.1 cm³/mol. The van der Waals surface area contributed by atoms with Gasteiger partial charge in [0.05, 0.1) is 0 Å². The van der Waals surface area contributed by atoms with Gasteiger partial charge >= 0.3 is 0 Å². The molecular formula is C19H16N4O3. The fraction of sp³-hybridized carbons (Fsp3) is 0.105. The number of nitrogens with zero attached hydrogens (tertiary/aromatic N) is 2. The van der Waals surface area contributed by atoms with E-state index in [1.807, 2.05) is 42.5 Å². The Labute approximate surface area is 149 Å². The molecule has 26 heavy (non-hydrogen) atoms. The molecule has 2 heterocycles. The summed E-state index contributed by atoms with van der Waals surface area (Å²) in [4.78, 5) is 30.2. The van der Waals surface area contributed by atoms with Crippen molar-refractivity contribution in [3.63, 3.8) is 0 Å². The molecule has 0 radical (unpaired) electrons. The second-order valence-electron chi connectivity index (χ2n) is 5.90. The first-order valence-electron chi connectivity index (χ1n) is 8.09. The number of benzene rings is 2. The zero-order valence-electron chi connectivity index (χ0n) is 13.8. The van der Waals surface area contributed by atoms with Crippen LogP contribution in [0.25, 0.3) is 10.8 Å². The van der Waals surface area contributed by atoms with E-state index in [-0.39, 0.29) is 36.6 Å². The smallest absolute Gasteiger partial charge is 0.266 e. The van der Waals surface area contributed by atoms with Crippen molar-refractivity contribution in [1.82, 2.24) is 4.98 Å². The molecule has 2 aromatic carbocycles. The van der Waals surface area contributed by atoms with E-state index in [1.165, 1.54) is 4.90 Å². The van der Waals surface area contributed by atoms with E-state index in [0.29, 0.717) is 11.4 Å². The van der Waals surface area contributed by atoms with Gasteiger partial charge in [-0.2, -0.15) is 0 Å². The number of nitrogens with one attached hydrogen (secondary N) is 1. The number of carbonyl (C=O) groups excluding carboxylic acids is 2. The normalized spacial score (nSPS) is 13.2. The Bertz CT molecular complexity index is 1010. The lowest BCUT2D eigenvalue weighted by Gasteiger charge is -2.27. The molecule has 130 valence electrons. The maximum atomic E-state index is 12.6. The van der Waals surface area contributed by atoms with Crippen molar-refractivity contribution in [3.8, 4) is 5.75 Å². The number of carbonyl (C=O) groups is 2. The molecule has 7 nitrogen and oxygen atoms in total. The molecule has 1 aromatic heterocycles. The highest BCUT2D eigenvalue weighted by atomic mass is 16.5. The molecule has 0 bridgehead atoms. The molecule has 0 atom stereocenters. The van der Waals surface area contributed by atoms with E-state index in [1.54, 1.807) is 12.1 Å². The quantitative estimate of drug-likeness (QED) is 0.756. The molecule has 4 rings (SSSR count). The lowest BCUT2D eigenvalue weighted by molar-refractivity contribution is -0.123. The molecular weight excluding hydrogens is 332 g/mol. The van der Waals surface area contributed by atoms with Crippen molar-refractivity contribution in [2.75, 3.05) is 29.1 Å². The molecule has 3 N–H and O–H groups in total. The number of hydrogen-bond acceptors (Lipinski definition) is 5. The number of rotatable bonds is 3. The van der Waals surface area contributed by atoms with Gasteiger partial charge in [-0.05, 0) is 23.6 Å². The first kappa shape index (κ1) is 15.9. The Kier molecular flexibility index (Phi) is 3.89. The SMILES string of the molecule is Nc1ccc2c(n1)N(CC(=O)Nc1cccc3ccccc13)C(=O)CO2. The molecule has 1 aliphatic heterocycles. The summed E-state index contributed by atoms with van der Waals surface area (Å²) in [7, 11) is 0. The topological polar surface area (TPSA) is 97.5 Å². The number of nitrogen functional groups attached to an aromatic ring is 1. The number of hydrogen-bond donors (Lipinski definition) is 2. The number of amides is 2. The largest absolute Gasteiger partial charge is 0.480 e. The van der Waals surface area contributed by atoms with Gasteiger partial charge in [0.25, 0.3) is 5.91 Å². The van der Waals surface area contributed by atoms with Gasteiger partial charge in [0, 0.05) is 11.1 Å². The number of ether oxygens (including phenoxy) is 1. The second-order valence-corrected chi connectivity index (χ2v) is 5.90. The third-order valence-electron chi connectivity index (χ3n) is 4.13. The highest BCUT2D eigenvalue weighted by Crippen LogP contribution is 2.30. The van der Waals surface area contributed by atoms with Gasteiger partial charge in [-0.3, -0.25) is 14.5 Å². The Morgan fingerprint density at radius 2 is 1.96 bits per heavy atom.